The SMILES string of the molecule is CC1CC=C(C(=O)NC2CC2)C=C1c1ccc2nc(NC3CCCCC3)ncc2c1. The van der Waals surface area contributed by atoms with Crippen LogP contribution in [-0.4, -0.2) is 28.0 Å². The van der Waals surface area contributed by atoms with Gasteiger partial charge in [0.1, 0.15) is 0 Å². The predicted molar refractivity (Wildman–Crippen MR) is 121 cm³/mol. The molecule has 3 aliphatic rings. The van der Waals surface area contributed by atoms with Crippen LogP contribution in [0.15, 0.2) is 42.1 Å². The van der Waals surface area contributed by atoms with Crippen LogP contribution in [0.1, 0.15) is 63.9 Å². The Morgan fingerprint density at radius 2 is 1.90 bits per heavy atom. The number of aromatic nitrogens is 2. The maximum atomic E-state index is 12.5. The van der Waals surface area contributed by atoms with Crippen LogP contribution in [0.25, 0.3) is 16.5 Å². The van der Waals surface area contributed by atoms with Crippen LogP contribution in [-0.2, 0) is 4.79 Å². The van der Waals surface area contributed by atoms with Crippen molar-refractivity contribution in [2.75, 3.05) is 5.32 Å². The molecule has 2 fully saturated rings. The number of carbonyl (C=O) groups is 1. The zero-order chi connectivity index (χ0) is 20.5. The summed E-state index contributed by atoms with van der Waals surface area (Å²) in [5.41, 5.74) is 4.11. The highest BCUT2D eigenvalue weighted by Crippen LogP contribution is 2.33. The first-order chi connectivity index (χ1) is 14.7. The molecule has 3 aliphatic carbocycles. The number of benzene rings is 1. The van der Waals surface area contributed by atoms with Gasteiger partial charge in [0.25, 0.3) is 5.91 Å². The number of nitrogens with zero attached hydrogens (tertiary/aromatic N) is 2. The number of fused-ring (bicyclic) bond motifs is 1. The number of amides is 1. The average molecular weight is 403 g/mol. The number of hydrogen-bond acceptors (Lipinski definition) is 4. The molecule has 1 atom stereocenters. The summed E-state index contributed by atoms with van der Waals surface area (Å²) in [5, 5.41) is 7.65. The first-order valence-corrected chi connectivity index (χ1v) is 11.4. The van der Waals surface area contributed by atoms with Crippen LogP contribution in [0.4, 0.5) is 5.95 Å². The molecular formula is C25H30N4O. The topological polar surface area (TPSA) is 66.9 Å². The number of hydrogen-bond donors (Lipinski definition) is 2. The van der Waals surface area contributed by atoms with E-state index in [0.29, 0.717) is 18.0 Å². The third-order valence-electron chi connectivity index (χ3n) is 6.56. The summed E-state index contributed by atoms with van der Waals surface area (Å²) < 4.78 is 0. The Morgan fingerprint density at radius 1 is 1.07 bits per heavy atom. The van der Waals surface area contributed by atoms with Gasteiger partial charge in [-0.05, 0) is 67.4 Å². The highest BCUT2D eigenvalue weighted by molar-refractivity contribution is 5.99. The highest BCUT2D eigenvalue weighted by atomic mass is 16.1. The van der Waals surface area contributed by atoms with Gasteiger partial charge < -0.3 is 10.6 Å². The molecule has 0 radical (unpaired) electrons. The van der Waals surface area contributed by atoms with Gasteiger partial charge >= 0.3 is 0 Å². The first kappa shape index (κ1) is 19.3. The lowest BCUT2D eigenvalue weighted by Crippen LogP contribution is -2.27. The lowest BCUT2D eigenvalue weighted by Gasteiger charge is -2.23. The summed E-state index contributed by atoms with van der Waals surface area (Å²) in [6.07, 6.45) is 15.5. The molecule has 30 heavy (non-hydrogen) atoms. The molecule has 0 spiro atoms. The van der Waals surface area contributed by atoms with E-state index in [2.05, 4.69) is 52.9 Å². The van der Waals surface area contributed by atoms with Crippen molar-refractivity contribution in [1.82, 2.24) is 15.3 Å². The Labute approximate surface area is 178 Å². The maximum Gasteiger partial charge on any atom is 0.251 e. The lowest BCUT2D eigenvalue weighted by molar-refractivity contribution is -0.117. The fourth-order valence-corrected chi connectivity index (χ4v) is 4.53. The minimum atomic E-state index is 0.0597. The molecule has 5 nitrogen and oxygen atoms in total. The van der Waals surface area contributed by atoms with Crippen molar-refractivity contribution in [3.63, 3.8) is 0 Å². The molecule has 1 heterocycles. The van der Waals surface area contributed by atoms with Gasteiger partial charge in [0.2, 0.25) is 5.95 Å². The number of rotatable bonds is 5. The van der Waals surface area contributed by atoms with E-state index in [1.165, 1.54) is 37.7 Å². The van der Waals surface area contributed by atoms with Crippen molar-refractivity contribution in [2.45, 2.75) is 70.4 Å². The van der Waals surface area contributed by atoms with E-state index < -0.39 is 0 Å². The van der Waals surface area contributed by atoms with Crippen LogP contribution in [0.3, 0.4) is 0 Å². The smallest absolute Gasteiger partial charge is 0.251 e. The molecule has 1 aromatic heterocycles. The molecule has 2 aromatic rings. The second-order valence-corrected chi connectivity index (χ2v) is 9.09. The molecule has 1 unspecified atom stereocenters. The van der Waals surface area contributed by atoms with Crippen molar-refractivity contribution in [3.8, 4) is 0 Å². The highest BCUT2D eigenvalue weighted by Gasteiger charge is 2.26. The summed E-state index contributed by atoms with van der Waals surface area (Å²) >= 11 is 0. The lowest BCUT2D eigenvalue weighted by atomic mass is 9.85. The van der Waals surface area contributed by atoms with Crippen LogP contribution in [0, 0.1) is 5.92 Å². The van der Waals surface area contributed by atoms with Crippen molar-refractivity contribution < 1.29 is 4.79 Å². The molecular weight excluding hydrogens is 372 g/mol. The Kier molecular flexibility index (Phi) is 5.28. The third kappa shape index (κ3) is 4.25. The monoisotopic (exact) mass is 402 g/mol. The van der Waals surface area contributed by atoms with Crippen molar-refractivity contribution in [2.24, 2.45) is 5.92 Å². The van der Waals surface area contributed by atoms with Crippen molar-refractivity contribution in [1.29, 1.82) is 0 Å². The van der Waals surface area contributed by atoms with Gasteiger partial charge in [-0.1, -0.05) is 38.3 Å². The maximum absolute atomic E-state index is 12.5. The summed E-state index contributed by atoms with van der Waals surface area (Å²) in [4.78, 5) is 21.8. The van der Waals surface area contributed by atoms with Crippen LogP contribution in [0.5, 0.6) is 0 Å². The molecule has 5 rings (SSSR count). The largest absolute Gasteiger partial charge is 0.351 e. The standard InChI is InChI=1S/C25H30N4O/c1-16-7-8-18(24(30)27-21-10-11-21)14-22(16)17-9-12-23-19(13-17)15-26-25(29-23)28-20-5-3-2-4-6-20/h8-9,12-16,20-21H,2-7,10-11H2,1H3,(H,27,30)(H,26,28,29). The minimum Gasteiger partial charge on any atom is -0.351 e. The molecule has 1 aromatic carbocycles. The normalized spacial score (nSPS) is 22.4. The van der Waals surface area contributed by atoms with Gasteiger partial charge in [0.15, 0.2) is 0 Å². The third-order valence-corrected chi connectivity index (χ3v) is 6.56. The zero-order valence-electron chi connectivity index (χ0n) is 17.7. The summed E-state index contributed by atoms with van der Waals surface area (Å²) in [6.45, 7) is 2.22. The molecule has 156 valence electrons. The van der Waals surface area contributed by atoms with Crippen LogP contribution < -0.4 is 10.6 Å². The number of nitrogens with one attached hydrogen (secondary N) is 2. The van der Waals surface area contributed by atoms with E-state index in [9.17, 15) is 4.79 Å². The molecule has 5 heteroatoms. The Bertz CT molecular complexity index is 1010. The quantitative estimate of drug-likeness (QED) is 0.738. The van der Waals surface area contributed by atoms with E-state index in [0.717, 1.165) is 47.3 Å². The predicted octanol–water partition coefficient (Wildman–Crippen LogP) is 5.00. The van der Waals surface area contributed by atoms with Crippen molar-refractivity contribution in [3.05, 3.63) is 47.7 Å². The molecule has 2 saturated carbocycles. The van der Waals surface area contributed by atoms with Crippen LogP contribution in [0.2, 0.25) is 0 Å². The summed E-state index contributed by atoms with van der Waals surface area (Å²) in [5.74, 6) is 1.17. The Balaban J connectivity index is 1.37. The van der Waals surface area contributed by atoms with E-state index in [1.54, 1.807) is 0 Å². The van der Waals surface area contributed by atoms with Gasteiger partial charge in [0, 0.05) is 29.2 Å². The van der Waals surface area contributed by atoms with Crippen LogP contribution >= 0.6 is 0 Å². The summed E-state index contributed by atoms with van der Waals surface area (Å²) in [6, 6.07) is 7.24. The minimum absolute atomic E-state index is 0.0597. The second kappa shape index (κ2) is 8.21. The molecule has 0 aliphatic heterocycles. The molecule has 0 saturated heterocycles. The Hall–Kier alpha value is -2.69. The van der Waals surface area contributed by atoms with Gasteiger partial charge in [-0.25, -0.2) is 9.97 Å². The second-order valence-electron chi connectivity index (χ2n) is 9.09. The number of carbonyl (C=O) groups excluding carboxylic acids is 1. The van der Waals surface area contributed by atoms with Gasteiger partial charge in [-0.15, -0.1) is 0 Å². The van der Waals surface area contributed by atoms with Crippen molar-refractivity contribution >= 4 is 28.3 Å². The van der Waals surface area contributed by atoms with E-state index in [4.69, 9.17) is 4.98 Å². The number of allylic oxidation sites excluding steroid dienone is 2. The molecule has 0 bridgehead atoms. The fraction of sp³-hybridized carbons (Fsp3) is 0.480. The Morgan fingerprint density at radius 3 is 2.70 bits per heavy atom. The average Bonchev–Trinajstić information content (AvgIpc) is 3.58. The molecule has 1 amide bonds. The first-order valence-electron chi connectivity index (χ1n) is 11.4. The number of anilines is 1. The van der Waals surface area contributed by atoms with E-state index >= 15 is 0 Å². The van der Waals surface area contributed by atoms with Gasteiger partial charge in [-0.3, -0.25) is 4.79 Å². The van der Waals surface area contributed by atoms with Gasteiger partial charge in [-0.2, -0.15) is 0 Å². The van der Waals surface area contributed by atoms with E-state index in [1.807, 2.05) is 6.20 Å². The van der Waals surface area contributed by atoms with E-state index in [-0.39, 0.29) is 5.91 Å². The molecule has 2 N–H and O–H groups in total. The fourth-order valence-electron chi connectivity index (χ4n) is 4.53. The zero-order valence-corrected chi connectivity index (χ0v) is 17.7. The van der Waals surface area contributed by atoms with Gasteiger partial charge in [0.05, 0.1) is 5.52 Å². The summed E-state index contributed by atoms with van der Waals surface area (Å²) in [7, 11) is 0.